The zero-order valence-corrected chi connectivity index (χ0v) is 9.35. The molecule has 0 spiro atoms. The number of nitrogens with two attached hydrogens (primary N) is 1. The van der Waals surface area contributed by atoms with Crippen molar-refractivity contribution in [3.63, 3.8) is 0 Å². The van der Waals surface area contributed by atoms with Crippen molar-refractivity contribution in [2.24, 2.45) is 11.7 Å². The standard InChI is InChI=1S/C12H17F2N/c1-8(2)12(3,15)7-9-5-4-6-10(13)11(9)14/h4-6,8H,7,15H2,1-3H3. The summed E-state index contributed by atoms with van der Waals surface area (Å²) >= 11 is 0. The summed E-state index contributed by atoms with van der Waals surface area (Å²) in [5.74, 6) is -1.39. The molecule has 0 aliphatic rings. The highest BCUT2D eigenvalue weighted by atomic mass is 19.2. The first-order valence-corrected chi connectivity index (χ1v) is 5.06. The van der Waals surface area contributed by atoms with Gasteiger partial charge in [0.15, 0.2) is 11.6 Å². The van der Waals surface area contributed by atoms with E-state index in [0.717, 1.165) is 6.07 Å². The zero-order chi connectivity index (χ0) is 11.6. The SMILES string of the molecule is CC(C)C(C)(N)Cc1cccc(F)c1F. The maximum atomic E-state index is 13.4. The fourth-order valence-corrected chi connectivity index (χ4v) is 1.30. The molecule has 1 aromatic rings. The Labute approximate surface area is 89.3 Å². The molecule has 0 saturated carbocycles. The molecule has 0 aromatic heterocycles. The Morgan fingerprint density at radius 2 is 1.93 bits per heavy atom. The molecule has 0 fully saturated rings. The summed E-state index contributed by atoms with van der Waals surface area (Å²) in [6.45, 7) is 5.79. The molecule has 0 amide bonds. The molecule has 0 radical (unpaired) electrons. The summed E-state index contributed by atoms with van der Waals surface area (Å²) in [4.78, 5) is 0. The van der Waals surface area contributed by atoms with Crippen molar-refractivity contribution in [3.05, 3.63) is 35.4 Å². The van der Waals surface area contributed by atoms with E-state index in [9.17, 15) is 8.78 Å². The minimum absolute atomic E-state index is 0.208. The Balaban J connectivity index is 2.95. The van der Waals surface area contributed by atoms with Gasteiger partial charge in [0.05, 0.1) is 0 Å². The van der Waals surface area contributed by atoms with Crippen molar-refractivity contribution in [3.8, 4) is 0 Å². The number of hydrogen-bond donors (Lipinski definition) is 1. The van der Waals surface area contributed by atoms with Gasteiger partial charge in [-0.05, 0) is 30.9 Å². The van der Waals surface area contributed by atoms with Crippen molar-refractivity contribution in [2.45, 2.75) is 32.7 Å². The second-order valence-electron chi connectivity index (χ2n) is 4.55. The van der Waals surface area contributed by atoms with Crippen LogP contribution in [0.4, 0.5) is 8.78 Å². The molecule has 0 bridgehead atoms. The Morgan fingerprint density at radius 1 is 1.33 bits per heavy atom. The van der Waals surface area contributed by atoms with Crippen LogP contribution in [0.5, 0.6) is 0 Å². The Bertz CT molecular complexity index is 345. The van der Waals surface area contributed by atoms with E-state index >= 15 is 0 Å². The first kappa shape index (κ1) is 12.1. The molecule has 3 heteroatoms. The lowest BCUT2D eigenvalue weighted by Gasteiger charge is -2.29. The third kappa shape index (κ3) is 2.75. The monoisotopic (exact) mass is 213 g/mol. The van der Waals surface area contributed by atoms with Crippen LogP contribution in [0.2, 0.25) is 0 Å². The van der Waals surface area contributed by atoms with E-state index in [0.29, 0.717) is 12.0 Å². The second kappa shape index (κ2) is 4.27. The minimum atomic E-state index is -0.813. The van der Waals surface area contributed by atoms with Crippen LogP contribution in [0, 0.1) is 17.6 Å². The Morgan fingerprint density at radius 3 is 2.47 bits per heavy atom. The average molecular weight is 213 g/mol. The van der Waals surface area contributed by atoms with E-state index in [2.05, 4.69) is 0 Å². The number of halogens is 2. The van der Waals surface area contributed by atoms with Gasteiger partial charge in [-0.1, -0.05) is 26.0 Å². The summed E-state index contributed by atoms with van der Waals surface area (Å²) in [6.07, 6.45) is 0.342. The van der Waals surface area contributed by atoms with E-state index in [4.69, 9.17) is 5.73 Å². The van der Waals surface area contributed by atoms with Crippen LogP contribution in [0.15, 0.2) is 18.2 Å². The molecule has 1 aromatic carbocycles. The molecule has 1 nitrogen and oxygen atoms in total. The normalized spacial score (nSPS) is 15.4. The van der Waals surface area contributed by atoms with Crippen LogP contribution in [-0.2, 0) is 6.42 Å². The number of benzene rings is 1. The molecule has 1 unspecified atom stereocenters. The largest absolute Gasteiger partial charge is 0.325 e. The summed E-state index contributed by atoms with van der Waals surface area (Å²) in [5, 5.41) is 0. The highest BCUT2D eigenvalue weighted by molar-refractivity contribution is 5.21. The summed E-state index contributed by atoms with van der Waals surface area (Å²) in [6, 6.07) is 4.19. The van der Waals surface area contributed by atoms with Gasteiger partial charge in [-0.15, -0.1) is 0 Å². The molecule has 0 heterocycles. The molecule has 2 N–H and O–H groups in total. The van der Waals surface area contributed by atoms with Gasteiger partial charge in [-0.3, -0.25) is 0 Å². The van der Waals surface area contributed by atoms with Gasteiger partial charge < -0.3 is 5.73 Å². The van der Waals surface area contributed by atoms with Gasteiger partial charge in [0.1, 0.15) is 0 Å². The number of hydrogen-bond acceptors (Lipinski definition) is 1. The molecular weight excluding hydrogens is 196 g/mol. The predicted molar refractivity (Wildman–Crippen MR) is 57.5 cm³/mol. The van der Waals surface area contributed by atoms with Crippen LogP contribution in [0.3, 0.4) is 0 Å². The van der Waals surface area contributed by atoms with E-state index in [-0.39, 0.29) is 5.92 Å². The second-order valence-corrected chi connectivity index (χ2v) is 4.55. The lowest BCUT2D eigenvalue weighted by atomic mass is 9.83. The molecule has 15 heavy (non-hydrogen) atoms. The van der Waals surface area contributed by atoms with Crippen molar-refractivity contribution in [1.29, 1.82) is 0 Å². The van der Waals surface area contributed by atoms with Crippen molar-refractivity contribution in [2.75, 3.05) is 0 Å². The minimum Gasteiger partial charge on any atom is -0.325 e. The molecule has 1 rings (SSSR count). The first-order valence-electron chi connectivity index (χ1n) is 5.06. The summed E-state index contributed by atoms with van der Waals surface area (Å²) in [5.41, 5.74) is 5.84. The van der Waals surface area contributed by atoms with Gasteiger partial charge in [-0.25, -0.2) is 8.78 Å². The van der Waals surface area contributed by atoms with Crippen LogP contribution >= 0.6 is 0 Å². The average Bonchev–Trinajstić information content (AvgIpc) is 2.12. The van der Waals surface area contributed by atoms with Gasteiger partial charge in [0, 0.05) is 5.54 Å². The lowest BCUT2D eigenvalue weighted by Crippen LogP contribution is -2.44. The maximum Gasteiger partial charge on any atom is 0.162 e. The smallest absolute Gasteiger partial charge is 0.162 e. The van der Waals surface area contributed by atoms with E-state index in [1.807, 2.05) is 20.8 Å². The van der Waals surface area contributed by atoms with E-state index in [1.54, 1.807) is 6.07 Å². The predicted octanol–water partition coefficient (Wildman–Crippen LogP) is 2.88. The third-order valence-electron chi connectivity index (χ3n) is 2.92. The maximum absolute atomic E-state index is 13.4. The van der Waals surface area contributed by atoms with Gasteiger partial charge in [-0.2, -0.15) is 0 Å². The summed E-state index contributed by atoms with van der Waals surface area (Å²) < 4.78 is 26.3. The van der Waals surface area contributed by atoms with Crippen molar-refractivity contribution >= 4 is 0 Å². The van der Waals surface area contributed by atoms with Crippen LogP contribution in [-0.4, -0.2) is 5.54 Å². The zero-order valence-electron chi connectivity index (χ0n) is 9.35. The van der Waals surface area contributed by atoms with Crippen molar-refractivity contribution in [1.82, 2.24) is 0 Å². The molecular formula is C12H17F2N. The molecule has 84 valence electrons. The molecule has 0 aliphatic heterocycles. The third-order valence-corrected chi connectivity index (χ3v) is 2.92. The Kier molecular flexibility index (Phi) is 3.45. The van der Waals surface area contributed by atoms with Crippen LogP contribution < -0.4 is 5.73 Å². The fourth-order valence-electron chi connectivity index (χ4n) is 1.30. The molecule has 0 aliphatic carbocycles. The molecule has 0 saturated heterocycles. The lowest BCUT2D eigenvalue weighted by molar-refractivity contribution is 0.331. The Hall–Kier alpha value is -0.960. The fraction of sp³-hybridized carbons (Fsp3) is 0.500. The quantitative estimate of drug-likeness (QED) is 0.820. The van der Waals surface area contributed by atoms with Crippen LogP contribution in [0.25, 0.3) is 0 Å². The topological polar surface area (TPSA) is 26.0 Å². The van der Waals surface area contributed by atoms with Crippen molar-refractivity contribution < 1.29 is 8.78 Å². The van der Waals surface area contributed by atoms with E-state index in [1.165, 1.54) is 6.07 Å². The molecule has 1 atom stereocenters. The number of rotatable bonds is 3. The van der Waals surface area contributed by atoms with Crippen LogP contribution in [0.1, 0.15) is 26.3 Å². The summed E-state index contributed by atoms with van der Waals surface area (Å²) in [7, 11) is 0. The highest BCUT2D eigenvalue weighted by Gasteiger charge is 2.25. The van der Waals surface area contributed by atoms with Gasteiger partial charge >= 0.3 is 0 Å². The van der Waals surface area contributed by atoms with Gasteiger partial charge in [0.25, 0.3) is 0 Å². The van der Waals surface area contributed by atoms with E-state index < -0.39 is 17.2 Å². The first-order chi connectivity index (χ1) is 6.84. The highest BCUT2D eigenvalue weighted by Crippen LogP contribution is 2.21. The van der Waals surface area contributed by atoms with Gasteiger partial charge in [0.2, 0.25) is 0 Å².